The van der Waals surface area contributed by atoms with Crippen molar-refractivity contribution in [2.75, 3.05) is 0 Å². The quantitative estimate of drug-likeness (QED) is 0.801. The van der Waals surface area contributed by atoms with E-state index < -0.39 is 17.3 Å². The lowest BCUT2D eigenvalue weighted by molar-refractivity contribution is 0.320. The van der Waals surface area contributed by atoms with Gasteiger partial charge in [0, 0.05) is 11.1 Å². The van der Waals surface area contributed by atoms with Crippen LogP contribution in [0.25, 0.3) is 5.69 Å². The number of aromatic hydroxyl groups is 1. The third-order valence-corrected chi connectivity index (χ3v) is 2.98. The number of halogens is 2. The highest BCUT2D eigenvalue weighted by atomic mass is 35.5. The van der Waals surface area contributed by atoms with Crippen molar-refractivity contribution in [2.45, 2.75) is 0 Å². The smallest absolute Gasteiger partial charge is 0.444 e. The molecule has 112 valence electrons. The summed E-state index contributed by atoms with van der Waals surface area (Å²) in [5.74, 6) is -1.89. The summed E-state index contributed by atoms with van der Waals surface area (Å²) in [5, 5.41) is 13.5. The van der Waals surface area contributed by atoms with E-state index >= 15 is 0 Å². The molecule has 1 aromatic heterocycles. The molecule has 0 aliphatic heterocycles. The summed E-state index contributed by atoms with van der Waals surface area (Å²) in [7, 11) is 0. The number of aromatic nitrogens is 2. The van der Waals surface area contributed by atoms with Crippen LogP contribution in [0.15, 0.2) is 51.7 Å². The van der Waals surface area contributed by atoms with Crippen LogP contribution in [0.3, 0.4) is 0 Å². The van der Waals surface area contributed by atoms with E-state index in [1.807, 2.05) is 0 Å². The second-order valence-electron chi connectivity index (χ2n) is 4.24. The fourth-order valence-corrected chi connectivity index (χ4v) is 1.82. The van der Waals surface area contributed by atoms with Crippen LogP contribution in [0.4, 0.5) is 4.39 Å². The third-order valence-electron chi connectivity index (χ3n) is 2.72. The fourth-order valence-electron chi connectivity index (χ4n) is 1.70. The number of phenolic OH excluding ortho intramolecular Hbond substituents is 1. The lowest BCUT2D eigenvalue weighted by atomic mass is 10.3. The Labute approximate surface area is 127 Å². The zero-order valence-electron chi connectivity index (χ0n) is 10.9. The maximum atomic E-state index is 13.3. The van der Waals surface area contributed by atoms with E-state index in [9.17, 15) is 9.18 Å². The average Bonchev–Trinajstić information content (AvgIpc) is 2.85. The molecule has 1 heterocycles. The van der Waals surface area contributed by atoms with Crippen molar-refractivity contribution in [1.82, 2.24) is 9.78 Å². The molecule has 8 heteroatoms. The van der Waals surface area contributed by atoms with Gasteiger partial charge in [0.05, 0.1) is 5.69 Å². The summed E-state index contributed by atoms with van der Waals surface area (Å²) in [4.78, 5) is 11.7. The molecular formula is C14H8ClFN2O4. The largest absolute Gasteiger partial charge is 0.505 e. The van der Waals surface area contributed by atoms with Crippen molar-refractivity contribution in [1.29, 1.82) is 0 Å². The molecule has 0 saturated carbocycles. The number of hydrogen-bond acceptors (Lipinski definition) is 5. The van der Waals surface area contributed by atoms with E-state index in [2.05, 4.69) is 5.10 Å². The normalized spacial score (nSPS) is 10.6. The van der Waals surface area contributed by atoms with Gasteiger partial charge in [0.1, 0.15) is 5.75 Å². The van der Waals surface area contributed by atoms with Crippen molar-refractivity contribution in [3.63, 3.8) is 0 Å². The van der Waals surface area contributed by atoms with Crippen LogP contribution in [0.5, 0.6) is 17.6 Å². The van der Waals surface area contributed by atoms with Gasteiger partial charge in [0.25, 0.3) is 0 Å². The molecule has 3 aromatic rings. The minimum Gasteiger partial charge on any atom is -0.505 e. The van der Waals surface area contributed by atoms with E-state index in [0.717, 1.165) is 16.8 Å². The molecule has 0 amide bonds. The molecule has 0 saturated heterocycles. The van der Waals surface area contributed by atoms with Crippen LogP contribution in [0.1, 0.15) is 0 Å². The highest BCUT2D eigenvalue weighted by Gasteiger charge is 2.13. The van der Waals surface area contributed by atoms with Gasteiger partial charge in [-0.1, -0.05) is 16.7 Å². The van der Waals surface area contributed by atoms with Crippen molar-refractivity contribution in [3.8, 4) is 23.3 Å². The van der Waals surface area contributed by atoms with Gasteiger partial charge in [-0.2, -0.15) is 4.68 Å². The molecule has 0 spiro atoms. The minimum atomic E-state index is -0.882. The molecule has 22 heavy (non-hydrogen) atoms. The number of nitrogens with zero attached hydrogens (tertiary/aromatic N) is 2. The Morgan fingerprint density at radius 2 is 1.95 bits per heavy atom. The van der Waals surface area contributed by atoms with E-state index in [0.29, 0.717) is 10.8 Å². The number of benzene rings is 2. The molecule has 3 rings (SSSR count). The van der Waals surface area contributed by atoms with Gasteiger partial charge in [-0.05, 0) is 36.4 Å². The summed E-state index contributed by atoms with van der Waals surface area (Å²) in [6, 6.07) is 9.71. The topological polar surface area (TPSA) is 77.5 Å². The van der Waals surface area contributed by atoms with Crippen LogP contribution in [0, 0.1) is 5.82 Å². The van der Waals surface area contributed by atoms with Gasteiger partial charge in [-0.3, -0.25) is 0 Å². The highest BCUT2D eigenvalue weighted by Crippen LogP contribution is 2.22. The maximum Gasteiger partial charge on any atom is 0.444 e. The first-order valence-corrected chi connectivity index (χ1v) is 6.43. The second-order valence-corrected chi connectivity index (χ2v) is 4.67. The van der Waals surface area contributed by atoms with Crippen molar-refractivity contribution < 1.29 is 18.7 Å². The number of hydrogen-bond donors (Lipinski definition) is 1. The first kappa shape index (κ1) is 14.2. The Bertz CT molecular complexity index is 873. The molecule has 0 aliphatic carbocycles. The van der Waals surface area contributed by atoms with E-state index in [1.54, 1.807) is 24.3 Å². The summed E-state index contributed by atoms with van der Waals surface area (Å²) in [6.45, 7) is 0. The summed E-state index contributed by atoms with van der Waals surface area (Å²) < 4.78 is 24.2. The molecule has 0 atom stereocenters. The van der Waals surface area contributed by atoms with E-state index in [1.165, 1.54) is 6.07 Å². The Morgan fingerprint density at radius 3 is 2.64 bits per heavy atom. The first-order chi connectivity index (χ1) is 10.5. The van der Waals surface area contributed by atoms with Crippen molar-refractivity contribution in [2.24, 2.45) is 0 Å². The average molecular weight is 323 g/mol. The third kappa shape index (κ3) is 2.79. The zero-order valence-corrected chi connectivity index (χ0v) is 11.6. The molecule has 0 unspecified atom stereocenters. The Morgan fingerprint density at radius 1 is 1.23 bits per heavy atom. The summed E-state index contributed by atoms with van der Waals surface area (Å²) >= 11 is 5.75. The van der Waals surface area contributed by atoms with Gasteiger partial charge >= 0.3 is 11.8 Å². The fraction of sp³-hybridized carbons (Fsp3) is 0. The van der Waals surface area contributed by atoms with E-state index in [4.69, 9.17) is 25.9 Å². The zero-order chi connectivity index (χ0) is 15.7. The van der Waals surface area contributed by atoms with Gasteiger partial charge in [0.2, 0.25) is 0 Å². The van der Waals surface area contributed by atoms with Crippen LogP contribution >= 0.6 is 11.6 Å². The standard InChI is InChI=1S/C14H8ClFN2O4/c15-8-1-4-10(5-2-8)21-13-17-18(14(20)22-13)9-3-6-12(19)11(16)7-9/h1-7,19H. The lowest BCUT2D eigenvalue weighted by Gasteiger charge is -2.00. The van der Waals surface area contributed by atoms with Gasteiger partial charge in [0.15, 0.2) is 11.6 Å². The van der Waals surface area contributed by atoms with Crippen LogP contribution in [-0.4, -0.2) is 14.9 Å². The molecular weight excluding hydrogens is 315 g/mol. The Balaban J connectivity index is 1.92. The number of phenols is 1. The van der Waals surface area contributed by atoms with Crippen LogP contribution in [0.2, 0.25) is 5.02 Å². The summed E-state index contributed by atoms with van der Waals surface area (Å²) in [6.07, 6.45) is -0.305. The van der Waals surface area contributed by atoms with Gasteiger partial charge in [-0.25, -0.2) is 9.18 Å². The first-order valence-electron chi connectivity index (χ1n) is 6.05. The predicted molar refractivity (Wildman–Crippen MR) is 75.2 cm³/mol. The molecule has 0 bridgehead atoms. The number of rotatable bonds is 3. The molecule has 0 aliphatic rings. The van der Waals surface area contributed by atoms with E-state index in [-0.39, 0.29) is 11.8 Å². The SMILES string of the molecule is O=c1oc(Oc2ccc(Cl)cc2)nn1-c1ccc(O)c(F)c1. The Kier molecular flexibility index (Phi) is 3.56. The highest BCUT2D eigenvalue weighted by molar-refractivity contribution is 6.30. The van der Waals surface area contributed by atoms with Crippen LogP contribution < -0.4 is 10.5 Å². The molecule has 2 aromatic carbocycles. The lowest BCUT2D eigenvalue weighted by Crippen LogP contribution is -2.13. The minimum absolute atomic E-state index is 0.0926. The molecule has 0 fully saturated rings. The van der Waals surface area contributed by atoms with Gasteiger partial charge < -0.3 is 14.3 Å². The predicted octanol–water partition coefficient (Wildman–Crippen LogP) is 3.12. The van der Waals surface area contributed by atoms with Crippen molar-refractivity contribution >= 4 is 11.6 Å². The number of ether oxygens (including phenoxy) is 1. The monoisotopic (exact) mass is 322 g/mol. The molecule has 0 radical (unpaired) electrons. The summed E-state index contributed by atoms with van der Waals surface area (Å²) in [5.41, 5.74) is 0.0926. The second kappa shape index (κ2) is 5.53. The van der Waals surface area contributed by atoms with Gasteiger partial charge in [-0.15, -0.1) is 0 Å². The van der Waals surface area contributed by atoms with Crippen molar-refractivity contribution in [3.05, 3.63) is 63.9 Å². The maximum absolute atomic E-state index is 13.3. The van der Waals surface area contributed by atoms with Crippen LogP contribution in [-0.2, 0) is 0 Å². The molecule has 6 nitrogen and oxygen atoms in total. The molecule has 1 N–H and O–H groups in total. The Hall–Kier alpha value is -2.80.